The van der Waals surface area contributed by atoms with Crippen molar-refractivity contribution in [2.45, 2.75) is 51.2 Å². The molecule has 1 heterocycles. The molecule has 2 fully saturated rings. The fraction of sp³-hybridized carbons (Fsp3) is 0.846. The highest BCUT2D eigenvalue weighted by molar-refractivity contribution is 5.11. The van der Waals surface area contributed by atoms with Crippen LogP contribution in [0.3, 0.4) is 0 Å². The lowest BCUT2D eigenvalue weighted by Gasteiger charge is -2.24. The molecule has 5 atom stereocenters. The van der Waals surface area contributed by atoms with Gasteiger partial charge >= 0.3 is 0 Å². The number of nitrogens with two attached hydrogens (primary N) is 1. The zero-order chi connectivity index (χ0) is 12.7. The lowest BCUT2D eigenvalue weighted by Crippen LogP contribution is -2.34. The van der Waals surface area contributed by atoms with Crippen LogP contribution >= 0.6 is 0 Å². The van der Waals surface area contributed by atoms with Crippen LogP contribution in [0.1, 0.15) is 56.8 Å². The maximum absolute atomic E-state index is 6.28. The Kier molecular flexibility index (Phi) is 3.11. The molecule has 3 rings (SSSR count). The van der Waals surface area contributed by atoms with Crippen molar-refractivity contribution in [2.75, 3.05) is 6.61 Å². The molecule has 0 aliphatic heterocycles. The van der Waals surface area contributed by atoms with Crippen LogP contribution in [0.25, 0.3) is 0 Å². The molecule has 5 nitrogen and oxygen atoms in total. The molecule has 2 aliphatic rings. The third-order valence-electron chi connectivity index (χ3n) is 4.50. The van der Waals surface area contributed by atoms with Gasteiger partial charge in [0.1, 0.15) is 6.10 Å². The maximum atomic E-state index is 6.28. The molecular formula is C13H21N3O2. The first-order valence-corrected chi connectivity index (χ1v) is 6.91. The van der Waals surface area contributed by atoms with E-state index >= 15 is 0 Å². The molecule has 2 saturated carbocycles. The average Bonchev–Trinajstić information content (AvgIpc) is 3.02. The first-order valence-electron chi connectivity index (χ1n) is 6.91. The molecule has 100 valence electrons. The van der Waals surface area contributed by atoms with Crippen LogP contribution in [0.4, 0.5) is 0 Å². The fourth-order valence-electron chi connectivity index (χ4n) is 3.57. The van der Waals surface area contributed by atoms with Crippen molar-refractivity contribution in [1.29, 1.82) is 0 Å². The molecule has 2 N–H and O–H groups in total. The van der Waals surface area contributed by atoms with Crippen molar-refractivity contribution in [3.63, 3.8) is 0 Å². The van der Waals surface area contributed by atoms with E-state index in [0.29, 0.717) is 24.3 Å². The van der Waals surface area contributed by atoms with E-state index in [1.165, 1.54) is 19.3 Å². The smallest absolute Gasteiger partial charge is 0.231 e. The average molecular weight is 251 g/mol. The molecule has 2 bridgehead atoms. The van der Waals surface area contributed by atoms with Crippen LogP contribution in [0.5, 0.6) is 0 Å². The highest BCUT2D eigenvalue weighted by Gasteiger charge is 2.48. The maximum Gasteiger partial charge on any atom is 0.231 e. The second kappa shape index (κ2) is 4.63. The zero-order valence-electron chi connectivity index (χ0n) is 11.0. The summed E-state index contributed by atoms with van der Waals surface area (Å²) in [7, 11) is 0. The van der Waals surface area contributed by atoms with Crippen LogP contribution in [0.2, 0.25) is 0 Å². The summed E-state index contributed by atoms with van der Waals surface area (Å²) >= 11 is 0. The predicted octanol–water partition coefficient (Wildman–Crippen LogP) is 2.01. The van der Waals surface area contributed by atoms with Crippen molar-refractivity contribution >= 4 is 0 Å². The molecule has 0 aromatic carbocycles. The van der Waals surface area contributed by atoms with E-state index in [1.807, 2.05) is 13.8 Å². The van der Waals surface area contributed by atoms with Gasteiger partial charge in [0.05, 0.1) is 5.92 Å². The molecule has 2 aliphatic carbocycles. The zero-order valence-corrected chi connectivity index (χ0v) is 11.0. The standard InChI is InChI=1S/C13H21N3O2/c1-3-17-7(2)12-15-13(18-16-12)10-8-4-5-9(6-8)11(10)14/h7-11H,3-6,14H2,1-2H3. The topological polar surface area (TPSA) is 74.2 Å². The van der Waals surface area contributed by atoms with Crippen LogP contribution in [-0.2, 0) is 4.74 Å². The fourth-order valence-corrected chi connectivity index (χ4v) is 3.57. The van der Waals surface area contributed by atoms with Crippen molar-refractivity contribution in [3.8, 4) is 0 Å². The Labute approximate surface area is 107 Å². The van der Waals surface area contributed by atoms with Gasteiger partial charge in [-0.2, -0.15) is 4.98 Å². The number of ether oxygens (including phenoxy) is 1. The van der Waals surface area contributed by atoms with E-state index < -0.39 is 0 Å². The van der Waals surface area contributed by atoms with E-state index in [9.17, 15) is 0 Å². The largest absolute Gasteiger partial charge is 0.371 e. The first-order chi connectivity index (χ1) is 8.70. The van der Waals surface area contributed by atoms with Gasteiger partial charge in [-0.05, 0) is 44.9 Å². The van der Waals surface area contributed by atoms with Gasteiger partial charge in [0.2, 0.25) is 5.89 Å². The van der Waals surface area contributed by atoms with Crippen LogP contribution in [0.15, 0.2) is 4.52 Å². The SMILES string of the molecule is CCOC(C)c1noc(C2C3CCC(C3)C2N)n1. The summed E-state index contributed by atoms with van der Waals surface area (Å²) in [4.78, 5) is 4.50. The Hall–Kier alpha value is -0.940. The molecule has 1 aromatic rings. The summed E-state index contributed by atoms with van der Waals surface area (Å²) in [5.74, 6) is 2.91. The van der Waals surface area contributed by atoms with Crippen molar-refractivity contribution in [3.05, 3.63) is 11.7 Å². The lowest BCUT2D eigenvalue weighted by atomic mass is 9.85. The van der Waals surface area contributed by atoms with Crippen LogP contribution < -0.4 is 5.73 Å². The van der Waals surface area contributed by atoms with E-state index in [-0.39, 0.29) is 18.1 Å². The van der Waals surface area contributed by atoms with Gasteiger partial charge in [-0.15, -0.1) is 0 Å². The highest BCUT2D eigenvalue weighted by Crippen LogP contribution is 2.51. The number of nitrogens with zero attached hydrogens (tertiary/aromatic N) is 2. The Morgan fingerprint density at radius 1 is 1.44 bits per heavy atom. The minimum Gasteiger partial charge on any atom is -0.371 e. The van der Waals surface area contributed by atoms with Gasteiger partial charge in [-0.1, -0.05) is 5.16 Å². The quantitative estimate of drug-likeness (QED) is 0.886. The first kappa shape index (κ1) is 12.1. The monoisotopic (exact) mass is 251 g/mol. The van der Waals surface area contributed by atoms with E-state index in [2.05, 4.69) is 10.1 Å². The molecule has 1 aromatic heterocycles. The predicted molar refractivity (Wildman–Crippen MR) is 65.9 cm³/mol. The van der Waals surface area contributed by atoms with Crippen molar-refractivity contribution < 1.29 is 9.26 Å². The van der Waals surface area contributed by atoms with E-state index in [0.717, 1.165) is 5.89 Å². The van der Waals surface area contributed by atoms with Gasteiger partial charge in [-0.3, -0.25) is 0 Å². The number of fused-ring (bicyclic) bond motifs is 2. The molecule has 0 spiro atoms. The summed E-state index contributed by atoms with van der Waals surface area (Å²) in [6, 6.07) is 0.194. The molecule has 5 unspecified atom stereocenters. The minimum atomic E-state index is -0.109. The summed E-state index contributed by atoms with van der Waals surface area (Å²) in [5.41, 5.74) is 6.28. The number of hydrogen-bond donors (Lipinski definition) is 1. The van der Waals surface area contributed by atoms with Gasteiger partial charge in [0.25, 0.3) is 0 Å². The highest BCUT2D eigenvalue weighted by atomic mass is 16.5. The second-order valence-corrected chi connectivity index (χ2v) is 5.52. The Bertz CT molecular complexity index is 418. The summed E-state index contributed by atoms with van der Waals surface area (Å²) in [5, 5.41) is 4.03. The molecule has 0 amide bonds. The Balaban J connectivity index is 1.77. The number of hydrogen-bond acceptors (Lipinski definition) is 5. The summed E-state index contributed by atoms with van der Waals surface area (Å²) < 4.78 is 10.9. The van der Waals surface area contributed by atoms with Crippen LogP contribution in [-0.4, -0.2) is 22.8 Å². The Morgan fingerprint density at radius 3 is 2.89 bits per heavy atom. The third kappa shape index (κ3) is 1.86. The molecular weight excluding hydrogens is 230 g/mol. The lowest BCUT2D eigenvalue weighted by molar-refractivity contribution is 0.0683. The van der Waals surface area contributed by atoms with Gasteiger partial charge < -0.3 is 15.0 Å². The third-order valence-corrected chi connectivity index (χ3v) is 4.50. The van der Waals surface area contributed by atoms with Gasteiger partial charge in [0.15, 0.2) is 5.82 Å². The van der Waals surface area contributed by atoms with Gasteiger partial charge in [0, 0.05) is 12.6 Å². The van der Waals surface area contributed by atoms with Crippen molar-refractivity contribution in [2.24, 2.45) is 17.6 Å². The van der Waals surface area contributed by atoms with Gasteiger partial charge in [-0.25, -0.2) is 0 Å². The van der Waals surface area contributed by atoms with E-state index in [4.69, 9.17) is 15.0 Å². The number of aromatic nitrogens is 2. The number of rotatable bonds is 4. The molecule has 0 saturated heterocycles. The van der Waals surface area contributed by atoms with E-state index in [1.54, 1.807) is 0 Å². The normalized spacial score (nSPS) is 36.2. The minimum absolute atomic E-state index is 0.109. The van der Waals surface area contributed by atoms with Crippen LogP contribution in [0, 0.1) is 11.8 Å². The summed E-state index contributed by atoms with van der Waals surface area (Å²) in [6.07, 6.45) is 3.63. The molecule has 0 radical (unpaired) electrons. The summed E-state index contributed by atoms with van der Waals surface area (Å²) in [6.45, 7) is 4.56. The molecule has 5 heteroatoms. The Morgan fingerprint density at radius 2 is 2.22 bits per heavy atom. The second-order valence-electron chi connectivity index (χ2n) is 5.52. The van der Waals surface area contributed by atoms with Crippen molar-refractivity contribution in [1.82, 2.24) is 10.1 Å². The molecule has 18 heavy (non-hydrogen) atoms.